The molecular formula is C32H64O7. The van der Waals surface area contributed by atoms with Gasteiger partial charge in [0, 0.05) is 12.8 Å². The Morgan fingerprint density at radius 2 is 0.795 bits per heavy atom. The highest BCUT2D eigenvalue weighted by Crippen LogP contribution is 2.10. The van der Waals surface area contributed by atoms with E-state index in [0.29, 0.717) is 12.8 Å². The van der Waals surface area contributed by atoms with Gasteiger partial charge in [-0.2, -0.15) is 0 Å². The third-order valence-electron chi connectivity index (χ3n) is 6.32. The maximum atomic E-state index is 10.3. The monoisotopic (exact) mass is 560 g/mol. The van der Waals surface area contributed by atoms with Gasteiger partial charge in [-0.25, -0.2) is 0 Å². The summed E-state index contributed by atoms with van der Waals surface area (Å²) in [7, 11) is 0. The molecule has 0 aromatic carbocycles. The second-order valence-corrected chi connectivity index (χ2v) is 10.4. The summed E-state index contributed by atoms with van der Waals surface area (Å²) in [6, 6.07) is 0. The fourth-order valence-electron chi connectivity index (χ4n) is 3.81. The number of rotatable bonds is 26. The smallest absolute Gasteiger partial charge is 0.303 e. The molecule has 0 saturated carbocycles. The predicted molar refractivity (Wildman–Crippen MR) is 162 cm³/mol. The Hall–Kier alpha value is -1.44. The summed E-state index contributed by atoms with van der Waals surface area (Å²) in [5, 5.41) is 40.9. The molecule has 7 nitrogen and oxygen atoms in total. The number of hydrogen-bond acceptors (Lipinski definition) is 5. The van der Waals surface area contributed by atoms with Gasteiger partial charge in [-0.15, -0.1) is 0 Å². The quantitative estimate of drug-likeness (QED) is 0.0533. The molecule has 0 rings (SSSR count). The maximum Gasteiger partial charge on any atom is 0.303 e. The third kappa shape index (κ3) is 50.0. The highest BCUT2D eigenvalue weighted by molar-refractivity contribution is 5.66. The number of carboxylic acids is 2. The first-order valence-electron chi connectivity index (χ1n) is 15.8. The first kappa shape index (κ1) is 42.0. The molecular weight excluding hydrogens is 496 g/mol. The Morgan fingerprint density at radius 1 is 0.513 bits per heavy atom. The molecule has 0 unspecified atom stereocenters. The third-order valence-corrected chi connectivity index (χ3v) is 6.32. The van der Waals surface area contributed by atoms with E-state index < -0.39 is 18.0 Å². The van der Waals surface area contributed by atoms with E-state index in [-0.39, 0.29) is 13.2 Å². The first-order valence-corrected chi connectivity index (χ1v) is 15.8. The van der Waals surface area contributed by atoms with E-state index >= 15 is 0 Å². The molecule has 0 heterocycles. The molecule has 0 aromatic heterocycles. The van der Waals surface area contributed by atoms with Gasteiger partial charge >= 0.3 is 11.9 Å². The molecule has 234 valence electrons. The van der Waals surface area contributed by atoms with Crippen LogP contribution in [0.15, 0.2) is 12.2 Å². The molecule has 39 heavy (non-hydrogen) atoms. The highest BCUT2D eigenvalue weighted by Gasteiger charge is 1.97. The Morgan fingerprint density at radius 3 is 1.05 bits per heavy atom. The van der Waals surface area contributed by atoms with Gasteiger partial charge in [0.05, 0.1) is 13.2 Å². The molecule has 7 heteroatoms. The highest BCUT2D eigenvalue weighted by atomic mass is 16.4. The Labute approximate surface area is 240 Å². The van der Waals surface area contributed by atoms with E-state index in [1.54, 1.807) is 0 Å². The fourth-order valence-corrected chi connectivity index (χ4v) is 3.81. The van der Waals surface area contributed by atoms with Crippen LogP contribution in [0.25, 0.3) is 0 Å². The number of aliphatic hydroxyl groups is 3. The average molecular weight is 561 g/mol. The van der Waals surface area contributed by atoms with E-state index in [0.717, 1.165) is 25.7 Å². The molecule has 0 radical (unpaired) electrons. The van der Waals surface area contributed by atoms with Crippen molar-refractivity contribution in [3.8, 4) is 0 Å². The lowest BCUT2D eigenvalue weighted by atomic mass is 10.1. The van der Waals surface area contributed by atoms with E-state index in [9.17, 15) is 9.59 Å². The van der Waals surface area contributed by atoms with Crippen LogP contribution in [0.5, 0.6) is 0 Å². The molecule has 0 aliphatic carbocycles. The maximum absolute atomic E-state index is 10.3. The minimum absolute atomic E-state index is 0.332. The van der Waals surface area contributed by atoms with Crippen LogP contribution in [0.1, 0.15) is 162 Å². The molecule has 0 fully saturated rings. The topological polar surface area (TPSA) is 135 Å². The molecule has 0 spiro atoms. The van der Waals surface area contributed by atoms with Crippen LogP contribution in [0, 0.1) is 0 Å². The fraction of sp³-hybridized carbons (Fsp3) is 0.875. The second-order valence-electron chi connectivity index (χ2n) is 10.4. The number of aliphatic hydroxyl groups excluding tert-OH is 3. The van der Waals surface area contributed by atoms with Crippen molar-refractivity contribution in [2.45, 2.75) is 168 Å². The standard InChI is InChI=1S/C18H34O2.C11H22O2.C3H8O3/c1-2-3-4-5-6-7-8-9-10-11-12-13-14-15-16-17-18(19)20;1-2-3-4-5-6-7-8-9-10-11(12)13;4-1-3(6)2-5/h9-10H,2-8,11-17H2,1H3,(H,19,20);2-10H2,1H3,(H,12,13);3-6H,1-2H2/b10-9+;;. The van der Waals surface area contributed by atoms with Gasteiger partial charge in [-0.05, 0) is 38.5 Å². The normalized spacial score (nSPS) is 10.7. The van der Waals surface area contributed by atoms with Gasteiger partial charge in [0.15, 0.2) is 0 Å². The molecule has 0 bridgehead atoms. The summed E-state index contributed by atoms with van der Waals surface area (Å²) in [6.45, 7) is 3.74. The largest absolute Gasteiger partial charge is 0.481 e. The van der Waals surface area contributed by atoms with Crippen LogP contribution >= 0.6 is 0 Å². The summed E-state index contributed by atoms with van der Waals surface area (Å²) in [4.78, 5) is 20.5. The Bertz CT molecular complexity index is 505. The predicted octanol–water partition coefficient (Wildman–Crippen LogP) is 8.04. The minimum atomic E-state index is -0.954. The number of unbranched alkanes of at least 4 members (excludes halogenated alkanes) is 18. The zero-order valence-corrected chi connectivity index (χ0v) is 25.5. The number of carbonyl (C=O) groups is 2. The summed E-state index contributed by atoms with van der Waals surface area (Å²) in [5.41, 5.74) is 0. The SMILES string of the molecule is CCCCCCCC/C=C/CCCCCCCC(=O)O.CCCCCCCCCCC(=O)O.OCC(O)CO. The molecule has 0 aliphatic rings. The van der Waals surface area contributed by atoms with Gasteiger partial charge in [-0.3, -0.25) is 9.59 Å². The van der Waals surface area contributed by atoms with Crippen molar-refractivity contribution in [2.75, 3.05) is 13.2 Å². The summed E-state index contributed by atoms with van der Waals surface area (Å²) in [6.07, 6.45) is 30.3. The van der Waals surface area contributed by atoms with Gasteiger partial charge in [0.1, 0.15) is 6.10 Å². The van der Waals surface area contributed by atoms with Crippen LogP contribution in [-0.2, 0) is 9.59 Å². The molecule has 0 aliphatic heterocycles. The number of allylic oxidation sites excluding steroid dienone is 2. The van der Waals surface area contributed by atoms with E-state index in [4.69, 9.17) is 25.5 Å². The molecule has 0 aromatic rings. The molecule has 0 saturated heterocycles. The van der Waals surface area contributed by atoms with Gasteiger partial charge in [0.25, 0.3) is 0 Å². The second kappa shape index (κ2) is 38.7. The number of carboxylic acid groups (broad SMARTS) is 2. The zero-order chi connectivity index (χ0) is 29.8. The van der Waals surface area contributed by atoms with E-state index in [1.165, 1.54) is 109 Å². The first-order chi connectivity index (χ1) is 18.8. The lowest BCUT2D eigenvalue weighted by Gasteiger charge is -1.99. The van der Waals surface area contributed by atoms with E-state index in [2.05, 4.69) is 26.0 Å². The molecule has 0 amide bonds. The van der Waals surface area contributed by atoms with Crippen LogP contribution in [0.4, 0.5) is 0 Å². The average Bonchev–Trinajstić information content (AvgIpc) is 2.92. The van der Waals surface area contributed by atoms with Crippen molar-refractivity contribution in [3.05, 3.63) is 12.2 Å². The lowest BCUT2D eigenvalue weighted by molar-refractivity contribution is -0.138. The van der Waals surface area contributed by atoms with Crippen molar-refractivity contribution >= 4 is 11.9 Å². The van der Waals surface area contributed by atoms with Crippen LogP contribution < -0.4 is 0 Å². The van der Waals surface area contributed by atoms with Crippen molar-refractivity contribution < 1.29 is 35.1 Å². The van der Waals surface area contributed by atoms with Gasteiger partial charge < -0.3 is 25.5 Å². The van der Waals surface area contributed by atoms with Crippen LogP contribution in [-0.4, -0.2) is 56.8 Å². The minimum Gasteiger partial charge on any atom is -0.481 e. The Balaban J connectivity index is -0.000000581. The summed E-state index contributed by atoms with van der Waals surface area (Å²) < 4.78 is 0. The molecule has 0 atom stereocenters. The number of aliphatic carboxylic acids is 2. The summed E-state index contributed by atoms with van der Waals surface area (Å²) in [5.74, 6) is -1.33. The van der Waals surface area contributed by atoms with Gasteiger partial charge in [0.2, 0.25) is 0 Å². The molecule has 5 N–H and O–H groups in total. The summed E-state index contributed by atoms with van der Waals surface area (Å²) >= 11 is 0. The number of hydrogen-bond donors (Lipinski definition) is 5. The van der Waals surface area contributed by atoms with Gasteiger partial charge in [-0.1, -0.05) is 122 Å². The Kier molecular flexibility index (Phi) is 41.7. The zero-order valence-electron chi connectivity index (χ0n) is 25.5. The van der Waals surface area contributed by atoms with Crippen molar-refractivity contribution in [1.29, 1.82) is 0 Å². The van der Waals surface area contributed by atoms with E-state index in [1.807, 2.05) is 0 Å². The van der Waals surface area contributed by atoms with Crippen LogP contribution in [0.3, 0.4) is 0 Å². The van der Waals surface area contributed by atoms with Crippen molar-refractivity contribution in [2.24, 2.45) is 0 Å². The van der Waals surface area contributed by atoms with Crippen LogP contribution in [0.2, 0.25) is 0 Å². The lowest BCUT2D eigenvalue weighted by Crippen LogP contribution is -2.15. The van der Waals surface area contributed by atoms with Crippen molar-refractivity contribution in [1.82, 2.24) is 0 Å². The van der Waals surface area contributed by atoms with Crippen molar-refractivity contribution in [3.63, 3.8) is 0 Å².